The van der Waals surface area contributed by atoms with Crippen molar-refractivity contribution < 1.29 is 9.59 Å². The summed E-state index contributed by atoms with van der Waals surface area (Å²) < 4.78 is 0. The van der Waals surface area contributed by atoms with E-state index in [-0.39, 0.29) is 18.1 Å². The van der Waals surface area contributed by atoms with Gasteiger partial charge < -0.3 is 25.4 Å². The van der Waals surface area contributed by atoms with Gasteiger partial charge in [-0.2, -0.15) is 0 Å². The molecule has 1 aromatic carbocycles. The van der Waals surface area contributed by atoms with Crippen molar-refractivity contribution in [3.05, 3.63) is 36.0 Å². The highest BCUT2D eigenvalue weighted by atomic mass is 16.2. The lowest BCUT2D eigenvalue weighted by atomic mass is 10.0. The number of nitrogens with zero attached hydrogens (tertiary/aromatic N) is 2. The molecule has 27 heavy (non-hydrogen) atoms. The number of nitrogens with one attached hydrogen (secondary N) is 3. The van der Waals surface area contributed by atoms with Gasteiger partial charge in [-0.15, -0.1) is 0 Å². The van der Waals surface area contributed by atoms with E-state index in [1.165, 1.54) is 0 Å². The van der Waals surface area contributed by atoms with Crippen LogP contribution in [0.25, 0.3) is 10.9 Å². The number of hydrogen-bond donors (Lipinski definition) is 3. The second kappa shape index (κ2) is 7.50. The maximum Gasteiger partial charge on any atom is 0.318 e. The summed E-state index contributed by atoms with van der Waals surface area (Å²) >= 11 is 0. The van der Waals surface area contributed by atoms with Gasteiger partial charge in [0.2, 0.25) is 0 Å². The number of para-hydroxylation sites is 1. The van der Waals surface area contributed by atoms with Crippen LogP contribution in [0.3, 0.4) is 0 Å². The van der Waals surface area contributed by atoms with Crippen molar-refractivity contribution in [1.29, 1.82) is 0 Å². The van der Waals surface area contributed by atoms with Crippen LogP contribution in [0.4, 0.5) is 9.59 Å². The van der Waals surface area contributed by atoms with E-state index in [2.05, 4.69) is 27.8 Å². The van der Waals surface area contributed by atoms with Crippen LogP contribution in [0.5, 0.6) is 0 Å². The molecule has 1 aliphatic carbocycles. The molecular weight excluding hydrogens is 342 g/mol. The van der Waals surface area contributed by atoms with Crippen molar-refractivity contribution in [1.82, 2.24) is 25.4 Å². The molecule has 144 valence electrons. The average Bonchev–Trinajstić information content (AvgIpc) is 3.43. The molecule has 2 aliphatic rings. The van der Waals surface area contributed by atoms with Crippen LogP contribution in [0.1, 0.15) is 31.4 Å². The van der Waals surface area contributed by atoms with Gasteiger partial charge in [0.15, 0.2) is 0 Å². The fourth-order valence-electron chi connectivity index (χ4n) is 4.00. The van der Waals surface area contributed by atoms with E-state index < -0.39 is 0 Å². The van der Waals surface area contributed by atoms with Crippen LogP contribution in [-0.4, -0.2) is 59.1 Å². The van der Waals surface area contributed by atoms with Gasteiger partial charge in [-0.3, -0.25) is 0 Å². The smallest absolute Gasteiger partial charge is 0.318 e. The highest BCUT2D eigenvalue weighted by Gasteiger charge is 2.39. The summed E-state index contributed by atoms with van der Waals surface area (Å²) in [5.74, 6) is 0. The van der Waals surface area contributed by atoms with Crippen molar-refractivity contribution in [2.45, 2.75) is 44.3 Å². The van der Waals surface area contributed by atoms with Crippen LogP contribution < -0.4 is 10.6 Å². The van der Waals surface area contributed by atoms with E-state index in [1.807, 2.05) is 28.0 Å². The molecule has 2 fully saturated rings. The van der Waals surface area contributed by atoms with Crippen molar-refractivity contribution in [3.63, 3.8) is 0 Å². The Hall–Kier alpha value is -2.70. The number of aromatic amines is 1. The minimum atomic E-state index is -0.0612. The van der Waals surface area contributed by atoms with Crippen LogP contribution in [0.2, 0.25) is 0 Å². The first-order valence-corrected chi connectivity index (χ1v) is 9.75. The van der Waals surface area contributed by atoms with Gasteiger partial charge in [0.05, 0.1) is 12.6 Å². The lowest BCUT2D eigenvalue weighted by molar-refractivity contribution is 0.116. The Morgan fingerprint density at radius 1 is 1.22 bits per heavy atom. The number of rotatable bonds is 4. The van der Waals surface area contributed by atoms with Gasteiger partial charge in [-0.25, -0.2) is 9.59 Å². The average molecular weight is 369 g/mol. The number of H-pyrrole nitrogens is 1. The van der Waals surface area contributed by atoms with E-state index in [0.29, 0.717) is 19.1 Å². The zero-order chi connectivity index (χ0) is 18.8. The lowest BCUT2D eigenvalue weighted by Gasteiger charge is -2.39. The standard InChI is InChI=1S/C20H27N5O2/c1-21-19(26)24-10-4-6-17(13-24)25(16-8-9-16)20(27)22-12-15-11-14-5-2-3-7-18(14)23-15/h2-3,5,7,11,16-17,23H,4,6,8-10,12-13H2,1H3,(H,21,26)(H,22,27)/t17-/m1/s1. The Bertz CT molecular complexity index is 796. The Labute approximate surface area is 159 Å². The Morgan fingerprint density at radius 3 is 2.78 bits per heavy atom. The number of aromatic nitrogens is 1. The molecule has 1 aliphatic heterocycles. The summed E-state index contributed by atoms with van der Waals surface area (Å²) in [6.45, 7) is 1.84. The molecule has 7 nitrogen and oxygen atoms in total. The van der Waals surface area contributed by atoms with Gasteiger partial charge in [0.25, 0.3) is 0 Å². The Balaban J connectivity index is 1.41. The van der Waals surface area contributed by atoms with E-state index in [0.717, 1.165) is 48.8 Å². The van der Waals surface area contributed by atoms with Crippen LogP contribution in [0.15, 0.2) is 30.3 Å². The first kappa shape index (κ1) is 17.7. The molecule has 3 N–H and O–H groups in total. The summed E-state index contributed by atoms with van der Waals surface area (Å²) in [6.07, 6.45) is 3.98. The minimum Gasteiger partial charge on any atom is -0.357 e. The van der Waals surface area contributed by atoms with Crippen LogP contribution in [0, 0.1) is 0 Å². The first-order chi connectivity index (χ1) is 13.2. The molecule has 1 saturated heterocycles. The number of urea groups is 2. The maximum atomic E-state index is 12.9. The number of piperidine rings is 1. The zero-order valence-electron chi connectivity index (χ0n) is 15.7. The predicted molar refractivity (Wildman–Crippen MR) is 104 cm³/mol. The molecule has 2 heterocycles. The number of fused-ring (bicyclic) bond motifs is 1. The Morgan fingerprint density at radius 2 is 2.04 bits per heavy atom. The fourth-order valence-corrected chi connectivity index (χ4v) is 4.00. The molecule has 0 bridgehead atoms. The number of carbonyl (C=O) groups excluding carboxylic acids is 2. The van der Waals surface area contributed by atoms with Crippen molar-refractivity contribution >= 4 is 23.0 Å². The van der Waals surface area contributed by atoms with Gasteiger partial charge in [-0.05, 0) is 43.2 Å². The van der Waals surface area contributed by atoms with E-state index in [1.54, 1.807) is 7.05 Å². The monoisotopic (exact) mass is 369 g/mol. The zero-order valence-corrected chi connectivity index (χ0v) is 15.7. The summed E-state index contributed by atoms with van der Waals surface area (Å²) in [5.41, 5.74) is 2.07. The van der Waals surface area contributed by atoms with E-state index in [9.17, 15) is 9.59 Å². The molecule has 0 spiro atoms. The SMILES string of the molecule is CNC(=O)N1CCC[C@@H](N(C(=O)NCc2cc3ccccc3[nH]2)C2CC2)C1. The molecular formula is C20H27N5O2. The number of benzene rings is 1. The minimum absolute atomic E-state index is 0.0279. The molecule has 4 amide bonds. The topological polar surface area (TPSA) is 80.5 Å². The quantitative estimate of drug-likeness (QED) is 0.774. The maximum absolute atomic E-state index is 12.9. The van der Waals surface area contributed by atoms with Gasteiger partial charge in [0, 0.05) is 37.4 Å². The van der Waals surface area contributed by atoms with Crippen LogP contribution in [-0.2, 0) is 6.54 Å². The first-order valence-electron chi connectivity index (χ1n) is 9.75. The molecule has 4 rings (SSSR count). The van der Waals surface area contributed by atoms with Gasteiger partial charge in [0.1, 0.15) is 0 Å². The number of hydrogen-bond acceptors (Lipinski definition) is 2. The largest absolute Gasteiger partial charge is 0.357 e. The summed E-state index contributed by atoms with van der Waals surface area (Å²) in [7, 11) is 1.65. The van der Waals surface area contributed by atoms with Crippen LogP contribution >= 0.6 is 0 Å². The number of amides is 4. The lowest BCUT2D eigenvalue weighted by Crippen LogP contribution is -2.56. The molecule has 1 saturated carbocycles. The van der Waals surface area contributed by atoms with E-state index in [4.69, 9.17) is 0 Å². The predicted octanol–water partition coefficient (Wildman–Crippen LogP) is 2.65. The highest BCUT2D eigenvalue weighted by molar-refractivity contribution is 5.81. The normalized spacial score (nSPS) is 19.7. The van der Waals surface area contributed by atoms with E-state index >= 15 is 0 Å². The number of likely N-dealkylation sites (tertiary alicyclic amines) is 1. The highest BCUT2D eigenvalue weighted by Crippen LogP contribution is 2.31. The molecule has 0 unspecified atom stereocenters. The second-order valence-corrected chi connectivity index (χ2v) is 7.48. The third-order valence-corrected chi connectivity index (χ3v) is 5.48. The van der Waals surface area contributed by atoms with Crippen molar-refractivity contribution in [2.75, 3.05) is 20.1 Å². The summed E-state index contributed by atoms with van der Waals surface area (Å²) in [5, 5.41) is 6.91. The molecule has 7 heteroatoms. The fraction of sp³-hybridized carbons (Fsp3) is 0.500. The second-order valence-electron chi connectivity index (χ2n) is 7.48. The third kappa shape index (κ3) is 3.86. The van der Waals surface area contributed by atoms with Crippen molar-refractivity contribution in [3.8, 4) is 0 Å². The third-order valence-electron chi connectivity index (χ3n) is 5.48. The summed E-state index contributed by atoms with van der Waals surface area (Å²) in [4.78, 5) is 32.1. The number of carbonyl (C=O) groups is 2. The molecule has 2 aromatic rings. The molecule has 0 radical (unpaired) electrons. The molecule has 1 atom stereocenters. The Kier molecular flexibility index (Phi) is 4.92. The summed E-state index contributed by atoms with van der Waals surface area (Å²) in [6, 6.07) is 10.5. The molecule has 1 aromatic heterocycles. The van der Waals surface area contributed by atoms with Gasteiger partial charge in [-0.1, -0.05) is 18.2 Å². The van der Waals surface area contributed by atoms with Gasteiger partial charge >= 0.3 is 12.1 Å². The van der Waals surface area contributed by atoms with Crippen molar-refractivity contribution in [2.24, 2.45) is 0 Å².